The van der Waals surface area contributed by atoms with E-state index in [2.05, 4.69) is 22.5 Å². The number of rotatable bonds is 6. The molecule has 1 aliphatic carbocycles. The lowest BCUT2D eigenvalue weighted by Crippen LogP contribution is -2.47. The van der Waals surface area contributed by atoms with Gasteiger partial charge in [0, 0.05) is 36.3 Å². The van der Waals surface area contributed by atoms with Gasteiger partial charge in [-0.05, 0) is 52.1 Å². The number of aliphatic hydroxyl groups is 1. The molecular formula is C25H40N4O4. The Morgan fingerprint density at radius 1 is 1.27 bits per heavy atom. The summed E-state index contributed by atoms with van der Waals surface area (Å²) in [6, 6.07) is 5.24. The van der Waals surface area contributed by atoms with Gasteiger partial charge in [0.05, 0.1) is 19.1 Å². The normalized spacial score (nSPS) is 23.1. The van der Waals surface area contributed by atoms with E-state index in [1.165, 1.54) is 6.42 Å². The Kier molecular flexibility index (Phi) is 8.97. The number of ether oxygens (including phenoxy) is 1. The van der Waals surface area contributed by atoms with E-state index in [-0.39, 0.29) is 49.1 Å². The molecule has 0 saturated heterocycles. The SMILES string of the molecule is C[C@@H]1CN([C@H](C)CO)C(=O)Cc2cc(NC(=O)NC3CCCCC3)ccc2O[C@H]1CN(C)C. The second-order valence-electron chi connectivity index (χ2n) is 9.91. The molecule has 1 aromatic carbocycles. The highest BCUT2D eigenvalue weighted by Crippen LogP contribution is 2.29. The maximum absolute atomic E-state index is 13.2. The third-order valence-corrected chi connectivity index (χ3v) is 6.66. The maximum atomic E-state index is 13.2. The van der Waals surface area contributed by atoms with Gasteiger partial charge in [0.25, 0.3) is 0 Å². The molecule has 0 radical (unpaired) electrons. The average molecular weight is 461 g/mol. The quantitative estimate of drug-likeness (QED) is 0.607. The molecule has 3 rings (SSSR count). The van der Waals surface area contributed by atoms with Crippen LogP contribution in [0.5, 0.6) is 5.75 Å². The first-order valence-electron chi connectivity index (χ1n) is 12.2. The van der Waals surface area contributed by atoms with Crippen LogP contribution < -0.4 is 15.4 Å². The molecule has 1 heterocycles. The Bertz CT molecular complexity index is 810. The van der Waals surface area contributed by atoms with E-state index < -0.39 is 0 Å². The Hall–Kier alpha value is -2.32. The van der Waals surface area contributed by atoms with Gasteiger partial charge in [0.2, 0.25) is 5.91 Å². The third kappa shape index (κ3) is 7.08. The van der Waals surface area contributed by atoms with Gasteiger partial charge in [-0.1, -0.05) is 26.2 Å². The van der Waals surface area contributed by atoms with Gasteiger partial charge in [0.15, 0.2) is 0 Å². The number of carbonyl (C=O) groups is 2. The van der Waals surface area contributed by atoms with E-state index in [1.54, 1.807) is 4.90 Å². The third-order valence-electron chi connectivity index (χ3n) is 6.66. The molecule has 0 spiro atoms. The number of benzene rings is 1. The van der Waals surface area contributed by atoms with Crippen LogP contribution in [0, 0.1) is 5.92 Å². The first-order chi connectivity index (χ1) is 15.8. The molecule has 8 nitrogen and oxygen atoms in total. The highest BCUT2D eigenvalue weighted by Gasteiger charge is 2.30. The van der Waals surface area contributed by atoms with Gasteiger partial charge in [-0.15, -0.1) is 0 Å². The number of fused-ring (bicyclic) bond motifs is 1. The monoisotopic (exact) mass is 460 g/mol. The fourth-order valence-corrected chi connectivity index (χ4v) is 4.68. The molecule has 1 saturated carbocycles. The van der Waals surface area contributed by atoms with Crippen molar-refractivity contribution in [3.63, 3.8) is 0 Å². The Labute approximate surface area is 197 Å². The second-order valence-corrected chi connectivity index (χ2v) is 9.91. The minimum atomic E-state index is -0.274. The Morgan fingerprint density at radius 3 is 2.67 bits per heavy atom. The van der Waals surface area contributed by atoms with Gasteiger partial charge in [-0.3, -0.25) is 4.79 Å². The maximum Gasteiger partial charge on any atom is 0.319 e. The van der Waals surface area contributed by atoms with Crippen molar-refractivity contribution in [3.8, 4) is 5.75 Å². The topological polar surface area (TPSA) is 94.1 Å². The molecule has 1 aliphatic heterocycles. The Balaban J connectivity index is 1.82. The fraction of sp³-hybridized carbons (Fsp3) is 0.680. The molecular weight excluding hydrogens is 420 g/mol. The lowest BCUT2D eigenvalue weighted by molar-refractivity contribution is -0.134. The van der Waals surface area contributed by atoms with Crippen molar-refractivity contribution in [2.45, 2.75) is 70.6 Å². The summed E-state index contributed by atoms with van der Waals surface area (Å²) in [4.78, 5) is 29.6. The van der Waals surface area contributed by atoms with Crippen molar-refractivity contribution in [1.82, 2.24) is 15.1 Å². The molecule has 8 heteroatoms. The zero-order valence-electron chi connectivity index (χ0n) is 20.5. The van der Waals surface area contributed by atoms with Crippen molar-refractivity contribution in [1.29, 1.82) is 0 Å². The van der Waals surface area contributed by atoms with Gasteiger partial charge in [0.1, 0.15) is 11.9 Å². The van der Waals surface area contributed by atoms with Crippen LogP contribution in [-0.2, 0) is 11.2 Å². The number of likely N-dealkylation sites (N-methyl/N-ethyl adjacent to an activating group) is 1. The number of hydrogen-bond donors (Lipinski definition) is 3. The molecule has 3 amide bonds. The number of hydrogen-bond acceptors (Lipinski definition) is 5. The average Bonchev–Trinajstić information content (AvgIpc) is 2.82. The molecule has 184 valence electrons. The van der Waals surface area contributed by atoms with Crippen molar-refractivity contribution >= 4 is 17.6 Å². The van der Waals surface area contributed by atoms with Crippen LogP contribution >= 0.6 is 0 Å². The van der Waals surface area contributed by atoms with Crippen molar-refractivity contribution in [3.05, 3.63) is 23.8 Å². The van der Waals surface area contributed by atoms with Crippen LogP contribution in [0.2, 0.25) is 0 Å². The molecule has 2 aliphatic rings. The van der Waals surface area contributed by atoms with E-state index in [9.17, 15) is 14.7 Å². The largest absolute Gasteiger partial charge is 0.488 e. The lowest BCUT2D eigenvalue weighted by Gasteiger charge is -2.33. The van der Waals surface area contributed by atoms with Crippen LogP contribution in [0.1, 0.15) is 51.5 Å². The summed E-state index contributed by atoms with van der Waals surface area (Å²) in [6.07, 6.45) is 5.61. The molecule has 0 aromatic heterocycles. The summed E-state index contributed by atoms with van der Waals surface area (Å²) in [6.45, 7) is 5.07. The summed E-state index contributed by atoms with van der Waals surface area (Å²) in [7, 11) is 4.00. The smallest absolute Gasteiger partial charge is 0.319 e. The van der Waals surface area contributed by atoms with Crippen LogP contribution in [0.3, 0.4) is 0 Å². The first kappa shape index (κ1) is 25.3. The van der Waals surface area contributed by atoms with Gasteiger partial charge in [-0.25, -0.2) is 4.79 Å². The van der Waals surface area contributed by atoms with Crippen LogP contribution in [0.25, 0.3) is 0 Å². The summed E-state index contributed by atoms with van der Waals surface area (Å²) >= 11 is 0. The predicted molar refractivity (Wildman–Crippen MR) is 130 cm³/mol. The van der Waals surface area contributed by atoms with Crippen molar-refractivity contribution < 1.29 is 19.4 Å². The molecule has 1 fully saturated rings. The molecule has 3 N–H and O–H groups in total. The summed E-state index contributed by atoms with van der Waals surface area (Å²) in [5.41, 5.74) is 1.38. The predicted octanol–water partition coefficient (Wildman–Crippen LogP) is 2.85. The highest BCUT2D eigenvalue weighted by molar-refractivity contribution is 5.90. The standard InChI is InChI=1S/C25H40N4O4/c1-17-14-29(18(2)16-30)24(31)13-19-12-21(10-11-22(19)33-23(17)15-28(3)4)27-25(32)26-20-8-6-5-7-9-20/h10-12,17-18,20,23,30H,5-9,13-16H2,1-4H3,(H2,26,27,32)/t17-,18-,23+/m1/s1. The molecule has 3 atom stereocenters. The zero-order valence-corrected chi connectivity index (χ0v) is 20.5. The van der Waals surface area contributed by atoms with Gasteiger partial charge in [-0.2, -0.15) is 0 Å². The van der Waals surface area contributed by atoms with Crippen molar-refractivity contribution in [2.75, 3.05) is 39.1 Å². The highest BCUT2D eigenvalue weighted by atomic mass is 16.5. The number of nitrogens with one attached hydrogen (secondary N) is 2. The number of carbonyl (C=O) groups excluding carboxylic acids is 2. The second kappa shape index (κ2) is 11.7. The van der Waals surface area contributed by atoms with E-state index in [0.717, 1.165) is 31.2 Å². The summed E-state index contributed by atoms with van der Waals surface area (Å²) in [5, 5.41) is 15.7. The minimum Gasteiger partial charge on any atom is -0.488 e. The molecule has 1 aromatic rings. The zero-order chi connectivity index (χ0) is 24.0. The van der Waals surface area contributed by atoms with Crippen LogP contribution in [-0.4, -0.2) is 78.8 Å². The number of aliphatic hydroxyl groups excluding tert-OH is 1. The van der Waals surface area contributed by atoms with Crippen LogP contribution in [0.15, 0.2) is 18.2 Å². The molecule has 33 heavy (non-hydrogen) atoms. The minimum absolute atomic E-state index is 0.0532. The van der Waals surface area contributed by atoms with E-state index in [0.29, 0.717) is 24.5 Å². The van der Waals surface area contributed by atoms with Crippen LogP contribution in [0.4, 0.5) is 10.5 Å². The summed E-state index contributed by atoms with van der Waals surface area (Å²) in [5.74, 6) is 0.691. The number of nitrogens with zero attached hydrogens (tertiary/aromatic N) is 2. The van der Waals surface area contributed by atoms with Gasteiger partial charge < -0.3 is 30.3 Å². The van der Waals surface area contributed by atoms with Crippen molar-refractivity contribution in [2.24, 2.45) is 5.92 Å². The fourth-order valence-electron chi connectivity index (χ4n) is 4.68. The first-order valence-corrected chi connectivity index (χ1v) is 12.2. The number of urea groups is 1. The lowest BCUT2D eigenvalue weighted by atomic mass is 9.96. The molecule has 0 bridgehead atoms. The van der Waals surface area contributed by atoms with E-state index in [1.807, 2.05) is 39.2 Å². The van der Waals surface area contributed by atoms with E-state index >= 15 is 0 Å². The number of amides is 3. The summed E-state index contributed by atoms with van der Waals surface area (Å²) < 4.78 is 6.42. The van der Waals surface area contributed by atoms with E-state index in [4.69, 9.17) is 4.74 Å². The molecule has 0 unspecified atom stereocenters. The Morgan fingerprint density at radius 2 is 2.00 bits per heavy atom. The van der Waals surface area contributed by atoms with Gasteiger partial charge >= 0.3 is 6.03 Å². The number of anilines is 1.